The van der Waals surface area contributed by atoms with Crippen molar-refractivity contribution in [1.29, 1.82) is 0 Å². The zero-order valence-electron chi connectivity index (χ0n) is 28.7. The number of esters is 1. The molecule has 5 rings (SSSR count). The third kappa shape index (κ3) is 6.99. The number of rotatable bonds is 3. The molecule has 9 nitrogen and oxygen atoms in total. The van der Waals surface area contributed by atoms with Crippen LogP contribution in [0.15, 0.2) is 63.9 Å². The second kappa shape index (κ2) is 13.9. The number of aliphatic hydroxyl groups is 2. The molecule has 0 aromatic carbocycles. The standard InChI is InChI=1S/C37H53NO8/c1-21(2)14-25(6)33-26(7)31(38-42-8)19-36(46-33)18-29-17-28(45-36)13-12-23(4)15-22(3)10-9-11-27-20-43-34-32(39)24(5)16-30(35(40)44-29)37(27,34)41/h9-12,14,16,21-22,26,28-30,32-34,39,41H,13,15,17-20H2,1-8H3/t22?,26?,28?,29?,30?,32?,33?,34?,36-,37+/m0/s1. The van der Waals surface area contributed by atoms with Crippen molar-refractivity contribution in [3.63, 3.8) is 0 Å². The van der Waals surface area contributed by atoms with E-state index in [9.17, 15) is 15.0 Å². The highest BCUT2D eigenvalue weighted by atomic mass is 16.7. The van der Waals surface area contributed by atoms with Gasteiger partial charge in [-0.2, -0.15) is 0 Å². The van der Waals surface area contributed by atoms with Gasteiger partial charge in [-0.15, -0.1) is 0 Å². The normalized spacial score (nSPS) is 41.5. The molecule has 254 valence electrons. The molecule has 0 amide bonds. The summed E-state index contributed by atoms with van der Waals surface area (Å²) in [5.41, 5.74) is 2.54. The van der Waals surface area contributed by atoms with Crippen LogP contribution in [0.25, 0.3) is 0 Å². The van der Waals surface area contributed by atoms with E-state index in [4.69, 9.17) is 23.8 Å². The second-order valence-corrected chi connectivity index (χ2v) is 14.5. The van der Waals surface area contributed by atoms with Gasteiger partial charge in [0.1, 0.15) is 36.9 Å². The zero-order chi connectivity index (χ0) is 33.4. The van der Waals surface area contributed by atoms with E-state index < -0.39 is 41.6 Å². The minimum Gasteiger partial charge on any atom is -0.462 e. The van der Waals surface area contributed by atoms with Crippen LogP contribution in [0.1, 0.15) is 80.6 Å². The monoisotopic (exact) mass is 639 g/mol. The fourth-order valence-electron chi connectivity index (χ4n) is 7.94. The zero-order valence-corrected chi connectivity index (χ0v) is 28.7. The maximum Gasteiger partial charge on any atom is 0.316 e. The molecule has 4 heterocycles. The molecule has 3 fully saturated rings. The van der Waals surface area contributed by atoms with Gasteiger partial charge in [-0.05, 0) is 62.2 Å². The Labute approximate surface area is 274 Å². The lowest BCUT2D eigenvalue weighted by molar-refractivity contribution is -0.313. The van der Waals surface area contributed by atoms with Crippen LogP contribution >= 0.6 is 0 Å². The number of ether oxygens (including phenoxy) is 4. The lowest BCUT2D eigenvalue weighted by Crippen LogP contribution is -2.59. The Bertz CT molecular complexity index is 1340. The predicted molar refractivity (Wildman–Crippen MR) is 176 cm³/mol. The third-order valence-electron chi connectivity index (χ3n) is 10.1. The fourth-order valence-corrected chi connectivity index (χ4v) is 7.94. The van der Waals surface area contributed by atoms with Crippen LogP contribution in [0.2, 0.25) is 0 Å². The van der Waals surface area contributed by atoms with E-state index in [1.807, 2.05) is 12.2 Å². The highest BCUT2D eigenvalue weighted by Gasteiger charge is 2.60. The first kappa shape index (κ1) is 34.8. The van der Waals surface area contributed by atoms with Gasteiger partial charge < -0.3 is 34.0 Å². The molecule has 0 aromatic rings. The van der Waals surface area contributed by atoms with Gasteiger partial charge in [0.15, 0.2) is 5.79 Å². The van der Waals surface area contributed by atoms with Gasteiger partial charge in [0.05, 0.1) is 24.5 Å². The van der Waals surface area contributed by atoms with Crippen LogP contribution in [-0.4, -0.2) is 77.5 Å². The van der Waals surface area contributed by atoms with Crippen molar-refractivity contribution in [3.8, 4) is 0 Å². The van der Waals surface area contributed by atoms with E-state index in [0.717, 1.165) is 17.7 Å². The lowest BCUT2D eigenvalue weighted by atomic mass is 9.71. The Morgan fingerprint density at radius 1 is 1.20 bits per heavy atom. The maximum atomic E-state index is 14.2. The van der Waals surface area contributed by atoms with Gasteiger partial charge in [-0.25, -0.2) is 0 Å². The van der Waals surface area contributed by atoms with E-state index in [0.29, 0.717) is 42.7 Å². The Kier molecular flexibility index (Phi) is 10.5. The Hall–Kier alpha value is -2.56. The van der Waals surface area contributed by atoms with Crippen molar-refractivity contribution in [2.24, 2.45) is 28.8 Å². The molecule has 1 aliphatic carbocycles. The van der Waals surface area contributed by atoms with Gasteiger partial charge in [-0.3, -0.25) is 4.79 Å². The van der Waals surface area contributed by atoms with Crippen LogP contribution in [-0.2, 0) is 28.6 Å². The summed E-state index contributed by atoms with van der Waals surface area (Å²) in [6, 6.07) is 0. The molecular weight excluding hydrogens is 586 g/mol. The highest BCUT2D eigenvalue weighted by Crippen LogP contribution is 2.47. The van der Waals surface area contributed by atoms with Crippen molar-refractivity contribution in [1.82, 2.24) is 0 Å². The van der Waals surface area contributed by atoms with Crippen molar-refractivity contribution in [2.45, 2.75) is 122 Å². The second-order valence-electron chi connectivity index (χ2n) is 14.5. The molecule has 3 saturated heterocycles. The predicted octanol–water partition coefficient (Wildman–Crippen LogP) is 5.73. The molecule has 2 N–H and O–H groups in total. The summed E-state index contributed by atoms with van der Waals surface area (Å²) in [4.78, 5) is 19.4. The lowest BCUT2D eigenvalue weighted by Gasteiger charge is -2.50. The van der Waals surface area contributed by atoms with Crippen LogP contribution < -0.4 is 0 Å². The summed E-state index contributed by atoms with van der Waals surface area (Å²) in [5, 5.41) is 27.6. The van der Waals surface area contributed by atoms with Crippen LogP contribution in [0.4, 0.5) is 0 Å². The first-order valence-electron chi connectivity index (χ1n) is 16.8. The number of hydrogen-bond acceptors (Lipinski definition) is 9. The summed E-state index contributed by atoms with van der Waals surface area (Å²) in [5.74, 6) is -2.15. The Morgan fingerprint density at radius 3 is 2.67 bits per heavy atom. The van der Waals surface area contributed by atoms with Crippen LogP contribution in [0, 0.1) is 23.7 Å². The first-order valence-corrected chi connectivity index (χ1v) is 16.8. The molecule has 10 atom stereocenters. The minimum absolute atomic E-state index is 0.0340. The summed E-state index contributed by atoms with van der Waals surface area (Å²) < 4.78 is 26.0. The molecule has 5 aliphatic rings. The molecule has 9 heteroatoms. The first-order chi connectivity index (χ1) is 21.8. The molecule has 4 aliphatic heterocycles. The van der Waals surface area contributed by atoms with Gasteiger partial charge in [0.25, 0.3) is 0 Å². The minimum atomic E-state index is -1.74. The molecule has 0 aromatic heterocycles. The summed E-state index contributed by atoms with van der Waals surface area (Å²) in [6.07, 6.45) is 11.4. The van der Waals surface area contributed by atoms with Gasteiger partial charge in [0, 0.05) is 25.2 Å². The van der Waals surface area contributed by atoms with E-state index in [1.165, 1.54) is 5.57 Å². The number of oxime groups is 1. The number of fused-ring (bicyclic) bond motifs is 2. The Morgan fingerprint density at radius 2 is 1.96 bits per heavy atom. The molecule has 1 spiro atoms. The average Bonchev–Trinajstić information content (AvgIpc) is 3.31. The Balaban J connectivity index is 1.55. The summed E-state index contributed by atoms with van der Waals surface area (Å²) in [7, 11) is 1.55. The molecule has 0 saturated carbocycles. The van der Waals surface area contributed by atoms with E-state index >= 15 is 0 Å². The number of carbonyl (C=O) groups is 1. The molecule has 2 bridgehead atoms. The quantitative estimate of drug-likeness (QED) is 0.229. The van der Waals surface area contributed by atoms with Crippen molar-refractivity contribution in [3.05, 3.63) is 58.7 Å². The van der Waals surface area contributed by atoms with E-state index in [1.54, 1.807) is 20.1 Å². The third-order valence-corrected chi connectivity index (χ3v) is 10.1. The number of aliphatic hydroxyl groups excluding tert-OH is 1. The van der Waals surface area contributed by atoms with E-state index in [-0.39, 0.29) is 30.7 Å². The molecule has 8 unspecified atom stereocenters. The largest absolute Gasteiger partial charge is 0.462 e. The smallest absolute Gasteiger partial charge is 0.316 e. The average molecular weight is 640 g/mol. The SMILES string of the molecule is CON=C1C[C@]2(CC3CC(CC=C(C)CC(C)C=CC=C4COC5C(O)C(C)=CC(C(=O)O3)[C@]45O)O2)OC(C(C)=CC(C)C)C1C. The van der Waals surface area contributed by atoms with E-state index in [2.05, 4.69) is 64.9 Å². The maximum absolute atomic E-state index is 14.2. The number of nitrogens with zero attached hydrogens (tertiary/aromatic N) is 1. The van der Waals surface area contributed by atoms with Crippen molar-refractivity contribution >= 4 is 11.7 Å². The number of allylic oxidation sites excluding steroid dienone is 5. The van der Waals surface area contributed by atoms with Gasteiger partial charge in [-0.1, -0.05) is 74.9 Å². The fraction of sp³-hybridized carbons (Fsp3) is 0.676. The highest BCUT2D eigenvalue weighted by molar-refractivity contribution is 5.88. The molecule has 46 heavy (non-hydrogen) atoms. The van der Waals surface area contributed by atoms with Crippen molar-refractivity contribution < 1.29 is 38.8 Å². The van der Waals surface area contributed by atoms with Crippen LogP contribution in [0.5, 0.6) is 0 Å². The molecule has 0 radical (unpaired) electrons. The summed E-state index contributed by atoms with van der Waals surface area (Å²) >= 11 is 0. The number of hydrogen-bond donors (Lipinski definition) is 2. The van der Waals surface area contributed by atoms with Crippen molar-refractivity contribution in [2.75, 3.05) is 13.7 Å². The number of carbonyl (C=O) groups excluding carboxylic acids is 1. The van der Waals surface area contributed by atoms with Gasteiger partial charge in [0.2, 0.25) is 0 Å². The van der Waals surface area contributed by atoms with Gasteiger partial charge >= 0.3 is 5.97 Å². The van der Waals surface area contributed by atoms with Crippen LogP contribution in [0.3, 0.4) is 0 Å². The molecular formula is C37H53NO8. The summed E-state index contributed by atoms with van der Waals surface area (Å²) in [6.45, 7) is 14.6. The topological polar surface area (TPSA) is 116 Å².